The van der Waals surface area contributed by atoms with E-state index in [1.165, 1.54) is 36.4 Å². The van der Waals surface area contributed by atoms with E-state index in [4.69, 9.17) is 0 Å². The van der Waals surface area contributed by atoms with Gasteiger partial charge in [-0.3, -0.25) is 19.7 Å². The Labute approximate surface area is 151 Å². The van der Waals surface area contributed by atoms with Crippen LogP contribution in [0.3, 0.4) is 0 Å². The van der Waals surface area contributed by atoms with Crippen LogP contribution in [0.1, 0.15) is 18.0 Å². The Balaban J connectivity index is 2.10. The summed E-state index contributed by atoms with van der Waals surface area (Å²) in [7, 11) is 0. The zero-order chi connectivity index (χ0) is 20.0. The van der Waals surface area contributed by atoms with Crippen molar-refractivity contribution in [1.82, 2.24) is 5.32 Å². The van der Waals surface area contributed by atoms with Crippen molar-refractivity contribution in [2.45, 2.75) is 18.6 Å². The maximum atomic E-state index is 12.5. The molecule has 0 aromatic heterocycles. The minimum Gasteiger partial charge on any atom is -0.341 e. The molecule has 0 heterocycles. The number of nitro groups is 1. The minimum atomic E-state index is -5.08. The fraction of sp³-hybridized carbons (Fsp3) is 0.176. The molecule has 0 fully saturated rings. The fourth-order valence-corrected chi connectivity index (χ4v) is 2.24. The second-order valence-electron chi connectivity index (χ2n) is 5.49. The summed E-state index contributed by atoms with van der Waals surface area (Å²) in [5.74, 6) is -2.82. The predicted molar refractivity (Wildman–Crippen MR) is 89.7 cm³/mol. The molecule has 0 spiro atoms. The number of nitrogens with one attached hydrogen (secondary N) is 2. The van der Waals surface area contributed by atoms with Crippen LogP contribution in [0, 0.1) is 10.1 Å². The third-order valence-corrected chi connectivity index (χ3v) is 3.52. The first-order valence-electron chi connectivity index (χ1n) is 7.64. The van der Waals surface area contributed by atoms with Crippen molar-refractivity contribution < 1.29 is 27.7 Å². The van der Waals surface area contributed by atoms with Crippen LogP contribution in [0.4, 0.5) is 24.5 Å². The van der Waals surface area contributed by atoms with Gasteiger partial charge in [-0.15, -0.1) is 0 Å². The van der Waals surface area contributed by atoms with Gasteiger partial charge in [0.25, 0.3) is 5.69 Å². The summed E-state index contributed by atoms with van der Waals surface area (Å²) in [6.45, 7) is 0. The van der Waals surface area contributed by atoms with Crippen molar-refractivity contribution in [2.75, 3.05) is 5.32 Å². The highest BCUT2D eigenvalue weighted by molar-refractivity contribution is 5.92. The van der Waals surface area contributed by atoms with Gasteiger partial charge in [-0.1, -0.05) is 30.3 Å². The molecule has 1 unspecified atom stereocenters. The van der Waals surface area contributed by atoms with Crippen LogP contribution < -0.4 is 10.6 Å². The first kappa shape index (κ1) is 19.9. The van der Waals surface area contributed by atoms with Gasteiger partial charge in [0.05, 0.1) is 17.4 Å². The summed E-state index contributed by atoms with van der Waals surface area (Å²) >= 11 is 0. The van der Waals surface area contributed by atoms with Crippen molar-refractivity contribution in [1.29, 1.82) is 0 Å². The van der Waals surface area contributed by atoms with Crippen molar-refractivity contribution in [2.24, 2.45) is 0 Å². The Morgan fingerprint density at radius 1 is 1.04 bits per heavy atom. The lowest BCUT2D eigenvalue weighted by Crippen LogP contribution is -2.40. The van der Waals surface area contributed by atoms with E-state index in [1.54, 1.807) is 23.5 Å². The lowest BCUT2D eigenvalue weighted by Gasteiger charge is -2.20. The summed E-state index contributed by atoms with van der Waals surface area (Å²) < 4.78 is 37.6. The molecule has 2 rings (SSSR count). The average Bonchev–Trinajstić information content (AvgIpc) is 2.61. The molecule has 0 saturated carbocycles. The molecule has 7 nitrogen and oxygen atoms in total. The number of nitro benzene ring substituents is 1. The molecule has 0 aliphatic heterocycles. The van der Waals surface area contributed by atoms with Crippen LogP contribution in [-0.2, 0) is 9.59 Å². The average molecular weight is 381 g/mol. The summed E-state index contributed by atoms with van der Waals surface area (Å²) in [6.07, 6.45) is -5.54. The summed E-state index contributed by atoms with van der Waals surface area (Å²) in [5, 5.41) is 14.8. The van der Waals surface area contributed by atoms with E-state index in [9.17, 15) is 32.9 Å². The molecule has 2 aromatic carbocycles. The molecule has 27 heavy (non-hydrogen) atoms. The van der Waals surface area contributed by atoms with Crippen molar-refractivity contribution in [3.63, 3.8) is 0 Å². The van der Waals surface area contributed by atoms with Gasteiger partial charge in [-0.05, 0) is 17.7 Å². The van der Waals surface area contributed by atoms with Crippen molar-refractivity contribution >= 4 is 23.2 Å². The highest BCUT2D eigenvalue weighted by Gasteiger charge is 2.40. The third kappa shape index (κ3) is 5.80. The van der Waals surface area contributed by atoms with Crippen molar-refractivity contribution in [3.05, 3.63) is 70.3 Å². The van der Waals surface area contributed by atoms with E-state index in [1.807, 2.05) is 0 Å². The SMILES string of the molecule is O=C(CC(NC(=O)C(F)(F)F)c1ccccc1)Nc1ccc([N+](=O)[O-])cc1. The number of hydrogen-bond acceptors (Lipinski definition) is 4. The molecule has 2 aromatic rings. The van der Waals surface area contributed by atoms with E-state index in [-0.39, 0.29) is 11.4 Å². The van der Waals surface area contributed by atoms with Crippen LogP contribution in [-0.4, -0.2) is 22.9 Å². The quantitative estimate of drug-likeness (QED) is 0.592. The van der Waals surface area contributed by atoms with E-state index >= 15 is 0 Å². The zero-order valence-corrected chi connectivity index (χ0v) is 13.7. The molecule has 142 valence electrons. The molecule has 0 aliphatic rings. The van der Waals surface area contributed by atoms with Gasteiger partial charge in [0.2, 0.25) is 5.91 Å². The number of amides is 2. The molecule has 0 aliphatic carbocycles. The van der Waals surface area contributed by atoms with E-state index < -0.39 is 35.4 Å². The largest absolute Gasteiger partial charge is 0.471 e. The smallest absolute Gasteiger partial charge is 0.341 e. The summed E-state index contributed by atoms with van der Waals surface area (Å²) in [5.41, 5.74) is 0.390. The van der Waals surface area contributed by atoms with E-state index in [0.29, 0.717) is 5.56 Å². The number of alkyl halides is 3. The number of carbonyl (C=O) groups excluding carboxylic acids is 2. The van der Waals surface area contributed by atoms with Crippen LogP contribution in [0.2, 0.25) is 0 Å². The monoisotopic (exact) mass is 381 g/mol. The minimum absolute atomic E-state index is 0.174. The topological polar surface area (TPSA) is 101 Å². The third-order valence-electron chi connectivity index (χ3n) is 3.52. The number of non-ortho nitro benzene ring substituents is 1. The first-order valence-corrected chi connectivity index (χ1v) is 7.64. The van der Waals surface area contributed by atoms with Gasteiger partial charge in [-0.2, -0.15) is 13.2 Å². The first-order chi connectivity index (χ1) is 12.7. The zero-order valence-electron chi connectivity index (χ0n) is 13.7. The number of halogens is 3. The number of anilines is 1. The van der Waals surface area contributed by atoms with Gasteiger partial charge in [0, 0.05) is 17.8 Å². The number of hydrogen-bond donors (Lipinski definition) is 2. The Morgan fingerprint density at radius 2 is 1.63 bits per heavy atom. The highest BCUT2D eigenvalue weighted by Crippen LogP contribution is 2.22. The molecule has 0 saturated heterocycles. The number of rotatable bonds is 6. The molecular weight excluding hydrogens is 367 g/mol. The molecule has 2 amide bonds. The molecule has 0 bridgehead atoms. The Hall–Kier alpha value is -3.43. The van der Waals surface area contributed by atoms with Crippen LogP contribution in [0.15, 0.2) is 54.6 Å². The number of carbonyl (C=O) groups is 2. The van der Waals surface area contributed by atoms with Crippen LogP contribution in [0.5, 0.6) is 0 Å². The van der Waals surface area contributed by atoms with Crippen LogP contribution in [0.25, 0.3) is 0 Å². The van der Waals surface area contributed by atoms with Crippen molar-refractivity contribution in [3.8, 4) is 0 Å². The number of benzene rings is 2. The van der Waals surface area contributed by atoms with Gasteiger partial charge < -0.3 is 10.6 Å². The maximum absolute atomic E-state index is 12.5. The summed E-state index contributed by atoms with van der Waals surface area (Å²) in [6, 6.07) is 11.5. The lowest BCUT2D eigenvalue weighted by atomic mass is 10.0. The summed E-state index contributed by atoms with van der Waals surface area (Å²) in [4.78, 5) is 33.4. The van der Waals surface area contributed by atoms with Gasteiger partial charge in [-0.25, -0.2) is 0 Å². The predicted octanol–water partition coefficient (Wildman–Crippen LogP) is 3.34. The fourth-order valence-electron chi connectivity index (χ4n) is 2.24. The van der Waals surface area contributed by atoms with Gasteiger partial charge >= 0.3 is 12.1 Å². The molecule has 10 heteroatoms. The van der Waals surface area contributed by atoms with Gasteiger partial charge in [0.1, 0.15) is 0 Å². The normalized spacial score (nSPS) is 12.1. The second-order valence-corrected chi connectivity index (χ2v) is 5.49. The Kier molecular flexibility index (Phi) is 6.11. The van der Waals surface area contributed by atoms with E-state index in [2.05, 4.69) is 5.32 Å². The molecule has 0 radical (unpaired) electrons. The molecular formula is C17H14F3N3O4. The van der Waals surface area contributed by atoms with Gasteiger partial charge in [0.15, 0.2) is 0 Å². The maximum Gasteiger partial charge on any atom is 0.471 e. The van der Waals surface area contributed by atoms with Crippen LogP contribution >= 0.6 is 0 Å². The highest BCUT2D eigenvalue weighted by atomic mass is 19.4. The molecule has 2 N–H and O–H groups in total. The number of nitrogens with zero attached hydrogens (tertiary/aromatic N) is 1. The second kappa shape index (κ2) is 8.30. The van der Waals surface area contributed by atoms with E-state index in [0.717, 1.165) is 0 Å². The molecule has 1 atom stereocenters. The Bertz CT molecular complexity index is 824. The Morgan fingerprint density at radius 3 is 2.15 bits per heavy atom. The standard InChI is InChI=1S/C17H14F3N3O4/c18-17(19,20)16(25)22-14(11-4-2-1-3-5-11)10-15(24)21-12-6-8-13(9-7-12)23(26)27/h1-9,14H,10H2,(H,21,24)(H,22,25). The lowest BCUT2D eigenvalue weighted by molar-refractivity contribution is -0.384.